The van der Waals surface area contributed by atoms with Crippen LogP contribution < -0.4 is 21.9 Å². The van der Waals surface area contributed by atoms with Gasteiger partial charge in [0.05, 0.1) is 11.4 Å². The van der Waals surface area contributed by atoms with Crippen LogP contribution in [0.25, 0.3) is 11.3 Å². The highest BCUT2D eigenvalue weighted by Crippen LogP contribution is 2.20. The Morgan fingerprint density at radius 1 is 1.10 bits per heavy atom. The number of benzene rings is 2. The van der Waals surface area contributed by atoms with Crippen molar-refractivity contribution in [2.75, 3.05) is 16.8 Å². The smallest absolute Gasteiger partial charge is 0.325 e. The van der Waals surface area contributed by atoms with Crippen LogP contribution in [0.2, 0.25) is 0 Å². The average molecular weight is 414 g/mol. The lowest BCUT2D eigenvalue weighted by Crippen LogP contribution is -2.35. The van der Waals surface area contributed by atoms with Crippen molar-refractivity contribution in [1.29, 1.82) is 0 Å². The minimum absolute atomic E-state index is 0.0566. The number of hydrogen-bond donors (Lipinski definition) is 4. The molecule has 0 aliphatic rings. The van der Waals surface area contributed by atoms with E-state index in [1.807, 2.05) is 0 Å². The molecule has 0 aliphatic carbocycles. The van der Waals surface area contributed by atoms with E-state index in [-0.39, 0.29) is 22.3 Å². The average Bonchev–Trinajstić information content (AvgIpc) is 2.69. The normalized spacial score (nSPS) is 10.4. The molecule has 9 nitrogen and oxygen atoms in total. The van der Waals surface area contributed by atoms with Crippen molar-refractivity contribution in [3.05, 3.63) is 64.7 Å². The second kappa shape index (κ2) is 8.97. The van der Waals surface area contributed by atoms with Gasteiger partial charge in [0.1, 0.15) is 5.82 Å². The van der Waals surface area contributed by atoms with E-state index in [2.05, 4.69) is 25.8 Å². The molecule has 0 atom stereocenters. The summed E-state index contributed by atoms with van der Waals surface area (Å²) in [6, 6.07) is 11.4. The minimum atomic E-state index is -0.879. The molecule has 0 saturated heterocycles. The first kappa shape index (κ1) is 20.0. The molecule has 0 fully saturated rings. The van der Waals surface area contributed by atoms with Gasteiger partial charge in [-0.1, -0.05) is 42.1 Å². The van der Waals surface area contributed by atoms with Gasteiger partial charge in [-0.2, -0.15) is 0 Å². The number of halogens is 1. The standard InChI is InChI=1S/C18H15FN6O3S/c19-11-6-2-4-8-13(11)21-17(28)22-14(26)9-29-18-23-16(27)15(24-25-18)10-5-1-3-7-12(10)20/h1-8H,9,20H2,(H,23,25,27)(H2,21,22,26,28). The summed E-state index contributed by atoms with van der Waals surface area (Å²) in [6.45, 7) is 0. The van der Waals surface area contributed by atoms with Crippen LogP contribution in [0.5, 0.6) is 0 Å². The van der Waals surface area contributed by atoms with Crippen LogP contribution in [0.15, 0.2) is 58.5 Å². The zero-order chi connectivity index (χ0) is 20.8. The number of aromatic nitrogens is 3. The van der Waals surface area contributed by atoms with Gasteiger partial charge in [-0.3, -0.25) is 19.9 Å². The molecule has 0 saturated carbocycles. The number of anilines is 2. The third-order valence-electron chi connectivity index (χ3n) is 3.61. The molecule has 0 radical (unpaired) electrons. The number of nitrogens with zero attached hydrogens (tertiary/aromatic N) is 2. The summed E-state index contributed by atoms with van der Waals surface area (Å²) in [7, 11) is 0. The number of amides is 3. The number of nitrogen functional groups attached to an aromatic ring is 1. The predicted octanol–water partition coefficient (Wildman–Crippen LogP) is 1.99. The highest BCUT2D eigenvalue weighted by Gasteiger charge is 2.13. The number of aromatic amines is 1. The number of thioether (sulfide) groups is 1. The highest BCUT2D eigenvalue weighted by molar-refractivity contribution is 7.99. The Balaban J connectivity index is 1.57. The molecule has 0 spiro atoms. The zero-order valence-corrected chi connectivity index (χ0v) is 15.6. The fourth-order valence-electron chi connectivity index (χ4n) is 2.29. The van der Waals surface area contributed by atoms with Crippen LogP contribution in [0, 0.1) is 5.82 Å². The minimum Gasteiger partial charge on any atom is -0.398 e. The molecule has 0 aliphatic heterocycles. The molecule has 29 heavy (non-hydrogen) atoms. The van der Waals surface area contributed by atoms with Crippen LogP contribution in [0.3, 0.4) is 0 Å². The molecule has 0 bridgehead atoms. The molecular weight excluding hydrogens is 399 g/mol. The first-order valence-corrected chi connectivity index (χ1v) is 9.22. The Labute approximate surface area is 167 Å². The number of imide groups is 1. The lowest BCUT2D eigenvalue weighted by molar-refractivity contribution is -0.117. The van der Waals surface area contributed by atoms with Gasteiger partial charge in [0.25, 0.3) is 5.56 Å². The first-order chi connectivity index (χ1) is 13.9. The van der Waals surface area contributed by atoms with Crippen LogP contribution in [0.4, 0.5) is 20.6 Å². The molecule has 2 aromatic carbocycles. The van der Waals surface area contributed by atoms with E-state index in [0.717, 1.165) is 11.8 Å². The number of urea groups is 1. The Bertz CT molecular complexity index is 1120. The number of nitrogens with one attached hydrogen (secondary N) is 3. The molecule has 3 aromatic rings. The van der Waals surface area contributed by atoms with Gasteiger partial charge in [0, 0.05) is 11.3 Å². The van der Waals surface area contributed by atoms with Gasteiger partial charge in [-0.15, -0.1) is 10.2 Å². The van der Waals surface area contributed by atoms with E-state index in [1.165, 1.54) is 24.3 Å². The summed E-state index contributed by atoms with van der Waals surface area (Å²) >= 11 is 0.876. The quantitative estimate of drug-likeness (QED) is 0.369. The largest absolute Gasteiger partial charge is 0.398 e. The SMILES string of the molecule is Nc1ccccc1-c1nnc(SCC(=O)NC(=O)Nc2ccccc2F)[nH]c1=O. The molecule has 3 amide bonds. The topological polar surface area (TPSA) is 143 Å². The Hall–Kier alpha value is -3.73. The van der Waals surface area contributed by atoms with Crippen LogP contribution in [-0.2, 0) is 4.79 Å². The fraction of sp³-hybridized carbons (Fsp3) is 0.0556. The molecule has 11 heteroatoms. The van der Waals surface area contributed by atoms with Gasteiger partial charge in [-0.05, 0) is 18.2 Å². The van der Waals surface area contributed by atoms with Gasteiger partial charge >= 0.3 is 6.03 Å². The van der Waals surface area contributed by atoms with Gasteiger partial charge in [0.2, 0.25) is 5.91 Å². The lowest BCUT2D eigenvalue weighted by atomic mass is 10.1. The van der Waals surface area contributed by atoms with E-state index in [4.69, 9.17) is 5.73 Å². The van der Waals surface area contributed by atoms with Gasteiger partial charge in [0.15, 0.2) is 10.9 Å². The van der Waals surface area contributed by atoms with Crippen molar-refractivity contribution >= 4 is 35.1 Å². The number of para-hydroxylation sites is 2. The van der Waals surface area contributed by atoms with Crippen molar-refractivity contribution in [3.63, 3.8) is 0 Å². The van der Waals surface area contributed by atoms with E-state index >= 15 is 0 Å². The molecule has 3 rings (SSSR count). The fourth-order valence-corrected chi connectivity index (χ4v) is 2.89. The second-order valence-electron chi connectivity index (χ2n) is 5.67. The Kier molecular flexibility index (Phi) is 6.19. The molecule has 5 N–H and O–H groups in total. The summed E-state index contributed by atoms with van der Waals surface area (Å²) in [6.07, 6.45) is 0. The predicted molar refractivity (Wildman–Crippen MR) is 107 cm³/mol. The Morgan fingerprint density at radius 3 is 2.55 bits per heavy atom. The maximum atomic E-state index is 13.5. The number of carbonyl (C=O) groups excluding carboxylic acids is 2. The van der Waals surface area contributed by atoms with Crippen molar-refractivity contribution in [1.82, 2.24) is 20.5 Å². The van der Waals surface area contributed by atoms with Crippen molar-refractivity contribution < 1.29 is 14.0 Å². The monoisotopic (exact) mass is 414 g/mol. The maximum absolute atomic E-state index is 13.5. The number of rotatable bonds is 5. The third kappa shape index (κ3) is 5.17. The van der Waals surface area contributed by atoms with E-state index < -0.39 is 23.3 Å². The van der Waals surface area contributed by atoms with Gasteiger partial charge in [-0.25, -0.2) is 9.18 Å². The lowest BCUT2D eigenvalue weighted by Gasteiger charge is -2.07. The highest BCUT2D eigenvalue weighted by atomic mass is 32.2. The third-order valence-corrected chi connectivity index (χ3v) is 4.47. The van der Waals surface area contributed by atoms with Crippen LogP contribution >= 0.6 is 11.8 Å². The summed E-state index contributed by atoms with van der Waals surface area (Å²) in [4.78, 5) is 38.4. The summed E-state index contributed by atoms with van der Waals surface area (Å²) < 4.78 is 13.5. The van der Waals surface area contributed by atoms with Crippen molar-refractivity contribution in [2.45, 2.75) is 5.16 Å². The number of nitrogens with two attached hydrogens (primary N) is 1. The number of hydrogen-bond acceptors (Lipinski definition) is 7. The Morgan fingerprint density at radius 2 is 1.83 bits per heavy atom. The molecule has 1 aromatic heterocycles. The summed E-state index contributed by atoms with van der Waals surface area (Å²) in [5, 5.41) is 12.1. The van der Waals surface area contributed by atoms with E-state index in [0.29, 0.717) is 11.3 Å². The zero-order valence-electron chi connectivity index (χ0n) is 14.8. The van der Waals surface area contributed by atoms with Crippen LogP contribution in [-0.4, -0.2) is 32.9 Å². The molecule has 1 heterocycles. The van der Waals surface area contributed by atoms with Gasteiger partial charge < -0.3 is 11.1 Å². The van der Waals surface area contributed by atoms with E-state index in [1.54, 1.807) is 24.3 Å². The molecule has 148 valence electrons. The maximum Gasteiger partial charge on any atom is 0.325 e. The second-order valence-corrected chi connectivity index (χ2v) is 6.63. The number of carbonyl (C=O) groups is 2. The number of H-pyrrole nitrogens is 1. The van der Waals surface area contributed by atoms with Crippen molar-refractivity contribution in [3.8, 4) is 11.3 Å². The molecule has 0 unspecified atom stereocenters. The summed E-state index contributed by atoms with van der Waals surface area (Å²) in [5.41, 5.74) is 6.14. The van der Waals surface area contributed by atoms with E-state index in [9.17, 15) is 18.8 Å². The van der Waals surface area contributed by atoms with Crippen molar-refractivity contribution in [2.24, 2.45) is 0 Å². The first-order valence-electron chi connectivity index (χ1n) is 8.24. The molecular formula is C18H15FN6O3S. The summed E-state index contributed by atoms with van der Waals surface area (Å²) in [5.74, 6) is -1.51. The van der Waals surface area contributed by atoms with Crippen LogP contribution in [0.1, 0.15) is 0 Å².